The average Bonchev–Trinajstić information content (AvgIpc) is 3.70. The minimum absolute atomic E-state index is 0.0607. The van der Waals surface area contributed by atoms with Crippen LogP contribution in [-0.2, 0) is 43.9 Å². The van der Waals surface area contributed by atoms with E-state index in [1.807, 2.05) is 22.9 Å². The van der Waals surface area contributed by atoms with E-state index in [-0.39, 0.29) is 38.1 Å². The predicted octanol–water partition coefficient (Wildman–Crippen LogP) is 4.91. The van der Waals surface area contributed by atoms with Crippen molar-refractivity contribution >= 4 is 33.8 Å². The number of amides is 4. The summed E-state index contributed by atoms with van der Waals surface area (Å²) in [5.41, 5.74) is 2.92. The largest absolute Gasteiger partial charge is 0.465 e. The zero-order valence-corrected chi connectivity index (χ0v) is 30.9. The van der Waals surface area contributed by atoms with E-state index in [0.717, 1.165) is 36.0 Å². The number of alkyl halides is 3. The molecule has 4 amide bonds. The zero-order chi connectivity index (χ0) is 38.3. The van der Waals surface area contributed by atoms with E-state index >= 15 is 0 Å². The van der Waals surface area contributed by atoms with Gasteiger partial charge in [0.25, 0.3) is 5.91 Å². The number of fused-ring (bicyclic) bond motifs is 1. The maximum Gasteiger partial charge on any atom is 0.407 e. The molecule has 16 heteroatoms. The number of nitrogens with zero attached hydrogens (tertiary/aromatic N) is 2. The molecule has 0 radical (unpaired) electrons. The van der Waals surface area contributed by atoms with Crippen LogP contribution in [0.15, 0.2) is 30.9 Å². The summed E-state index contributed by atoms with van der Waals surface area (Å²) in [6.07, 6.45) is 2.71. The Hall–Kier alpha value is -3.66. The van der Waals surface area contributed by atoms with Gasteiger partial charge in [-0.05, 0) is 86.8 Å². The summed E-state index contributed by atoms with van der Waals surface area (Å²) in [5.74, 6) is -2.49. The minimum Gasteiger partial charge on any atom is -0.465 e. The summed E-state index contributed by atoms with van der Waals surface area (Å²) in [5, 5.41) is 14.0. The molecule has 3 fully saturated rings. The molecule has 0 spiro atoms. The van der Waals surface area contributed by atoms with Crippen LogP contribution in [0.2, 0.25) is 0 Å². The summed E-state index contributed by atoms with van der Waals surface area (Å²) in [7, 11) is -3.88. The molecule has 1 aromatic carbocycles. The third-order valence-corrected chi connectivity index (χ3v) is 12.9. The zero-order valence-electron chi connectivity index (χ0n) is 30.0. The Balaban J connectivity index is 1.22. The molecule has 294 valence electrons. The fourth-order valence-electron chi connectivity index (χ4n) is 7.96. The second-order valence-corrected chi connectivity index (χ2v) is 16.9. The summed E-state index contributed by atoms with van der Waals surface area (Å²) < 4.78 is 70.5. The van der Waals surface area contributed by atoms with E-state index in [1.54, 1.807) is 0 Å². The fourth-order valence-corrected chi connectivity index (χ4v) is 9.30. The number of carbonyl (C=O) groups is 4. The molecule has 2 heterocycles. The number of aryl methyl sites for hydroxylation is 1. The van der Waals surface area contributed by atoms with Gasteiger partial charge in [-0.3, -0.25) is 29.3 Å². The number of rotatable bonds is 17. The van der Waals surface area contributed by atoms with Crippen molar-refractivity contribution in [2.24, 2.45) is 5.92 Å². The molecule has 2 saturated carbocycles. The fraction of sp³-hybridized carbons (Fsp3) is 0.676. The molecule has 1 saturated heterocycles. The lowest BCUT2D eigenvalue weighted by atomic mass is 9.82. The van der Waals surface area contributed by atoms with Gasteiger partial charge in [0.1, 0.15) is 18.1 Å². The van der Waals surface area contributed by atoms with Crippen molar-refractivity contribution < 1.29 is 45.9 Å². The average molecular weight is 768 g/mol. The number of benzene rings is 1. The van der Waals surface area contributed by atoms with Gasteiger partial charge in [-0.25, -0.2) is 13.2 Å². The van der Waals surface area contributed by atoms with Crippen LogP contribution in [-0.4, -0.2) is 89.3 Å². The van der Waals surface area contributed by atoms with Gasteiger partial charge in [0.2, 0.25) is 21.8 Å². The topological polar surface area (TPSA) is 165 Å². The number of carbonyl (C=O) groups excluding carboxylic acids is 3. The van der Waals surface area contributed by atoms with Crippen molar-refractivity contribution in [3.63, 3.8) is 0 Å². The van der Waals surface area contributed by atoms with Gasteiger partial charge < -0.3 is 15.3 Å². The molecule has 4 aliphatic rings. The highest BCUT2D eigenvalue weighted by molar-refractivity contribution is 7.90. The molecule has 12 nitrogen and oxygen atoms in total. The number of hydrogen-bond acceptors (Lipinski definition) is 7. The lowest BCUT2D eigenvalue weighted by Crippen LogP contribution is -2.60. The molecular weight excluding hydrogens is 715 g/mol. The van der Waals surface area contributed by atoms with Crippen molar-refractivity contribution in [2.45, 2.75) is 145 Å². The Labute approximate surface area is 309 Å². The highest BCUT2D eigenvalue weighted by Crippen LogP contribution is 2.33. The van der Waals surface area contributed by atoms with E-state index in [1.165, 1.54) is 15.9 Å². The lowest BCUT2D eigenvalue weighted by Gasteiger charge is -2.37. The number of likely N-dealkylation sites (tertiary alicyclic amines) is 1. The Morgan fingerprint density at radius 2 is 1.72 bits per heavy atom. The van der Waals surface area contributed by atoms with Gasteiger partial charge in [-0.1, -0.05) is 56.4 Å². The Kier molecular flexibility index (Phi) is 13.5. The van der Waals surface area contributed by atoms with Crippen molar-refractivity contribution in [3.8, 4) is 0 Å². The van der Waals surface area contributed by atoms with E-state index in [4.69, 9.17) is 0 Å². The number of nitrogens with one attached hydrogen (secondary N) is 3. The summed E-state index contributed by atoms with van der Waals surface area (Å²) in [6, 6.07) is 0.328. The predicted molar refractivity (Wildman–Crippen MR) is 191 cm³/mol. The van der Waals surface area contributed by atoms with Crippen LogP contribution in [0.25, 0.3) is 0 Å². The lowest BCUT2D eigenvalue weighted by molar-refractivity contribution is -0.164. The first-order valence-corrected chi connectivity index (χ1v) is 20.4. The second-order valence-electron chi connectivity index (χ2n) is 14.9. The van der Waals surface area contributed by atoms with Crippen molar-refractivity contribution in [3.05, 3.63) is 47.5 Å². The SMILES string of the molecule is C=CCC(NC(=O)[C@@H]1CCCN1C(=O)[C@@H](NC(CCCCCc1cccc2c1CN(C(=O)O)C2)C(F)(F)F)C1CCCCC1)C(=O)NS(=O)(=O)C1CC1. The quantitative estimate of drug-likeness (QED) is 0.128. The van der Waals surface area contributed by atoms with Gasteiger partial charge >= 0.3 is 12.3 Å². The van der Waals surface area contributed by atoms with E-state index in [0.29, 0.717) is 64.5 Å². The Morgan fingerprint density at radius 1 is 0.981 bits per heavy atom. The molecule has 0 aromatic heterocycles. The van der Waals surface area contributed by atoms with Gasteiger partial charge in [-0.2, -0.15) is 13.2 Å². The normalized spacial score (nSPS) is 21.1. The summed E-state index contributed by atoms with van der Waals surface area (Å²) >= 11 is 0. The first kappa shape index (κ1) is 40.5. The highest BCUT2D eigenvalue weighted by Gasteiger charge is 2.46. The molecule has 4 atom stereocenters. The highest BCUT2D eigenvalue weighted by atomic mass is 32.2. The van der Waals surface area contributed by atoms with Crippen LogP contribution < -0.4 is 15.4 Å². The van der Waals surface area contributed by atoms with Gasteiger partial charge in [0, 0.05) is 19.6 Å². The van der Waals surface area contributed by atoms with Crippen LogP contribution in [0, 0.1) is 5.92 Å². The molecule has 53 heavy (non-hydrogen) atoms. The number of hydrogen-bond donors (Lipinski definition) is 4. The number of halogens is 3. The first-order valence-electron chi connectivity index (χ1n) is 18.9. The minimum atomic E-state index is -4.62. The monoisotopic (exact) mass is 767 g/mol. The van der Waals surface area contributed by atoms with Crippen LogP contribution in [0.4, 0.5) is 18.0 Å². The van der Waals surface area contributed by atoms with Gasteiger partial charge in [-0.15, -0.1) is 6.58 Å². The molecule has 1 aromatic rings. The molecular formula is C37H52F3N5O7S. The standard InChI is InChI=1S/C37H52F3N5O7S/c1-2-11-29(33(46)43-53(51,52)27-19-20-27)41-34(47)30-17-10-21-45(30)35(48)32(25-13-6-3-7-14-25)42-31(37(38,39)40)18-8-4-5-12-24-15-9-16-26-22-44(36(49)50)23-28(24)26/h2,9,15-16,25,27,29-32,42H,1,3-8,10-14,17-23H2,(H,41,47)(H,43,46)(H,49,50)/t29?,30-,31?,32-/m0/s1. The van der Waals surface area contributed by atoms with Crippen LogP contribution in [0.5, 0.6) is 0 Å². The third kappa shape index (κ3) is 10.5. The van der Waals surface area contributed by atoms with Crippen molar-refractivity contribution in [2.75, 3.05) is 6.54 Å². The smallest absolute Gasteiger partial charge is 0.407 e. The van der Waals surface area contributed by atoms with Crippen LogP contribution in [0.1, 0.15) is 107 Å². The van der Waals surface area contributed by atoms with Crippen molar-refractivity contribution in [1.82, 2.24) is 25.2 Å². The molecule has 2 aliphatic heterocycles. The van der Waals surface area contributed by atoms with Gasteiger partial charge in [0.05, 0.1) is 11.3 Å². The molecule has 2 unspecified atom stereocenters. The molecule has 0 bridgehead atoms. The van der Waals surface area contributed by atoms with Crippen LogP contribution in [0.3, 0.4) is 0 Å². The molecule has 2 aliphatic carbocycles. The van der Waals surface area contributed by atoms with Gasteiger partial charge in [0.15, 0.2) is 0 Å². The third-order valence-electron chi connectivity index (χ3n) is 11.0. The second kappa shape index (κ2) is 17.7. The summed E-state index contributed by atoms with van der Waals surface area (Å²) in [4.78, 5) is 54.8. The Morgan fingerprint density at radius 3 is 2.38 bits per heavy atom. The maximum absolute atomic E-state index is 14.6. The first-order chi connectivity index (χ1) is 25.2. The summed E-state index contributed by atoms with van der Waals surface area (Å²) in [6.45, 7) is 4.38. The molecule has 5 rings (SSSR count). The number of sulfonamides is 1. The van der Waals surface area contributed by atoms with E-state index in [9.17, 15) is 45.9 Å². The van der Waals surface area contributed by atoms with E-state index in [2.05, 4.69) is 17.2 Å². The maximum atomic E-state index is 14.6. The number of unbranched alkanes of at least 4 members (excludes halogenated alkanes) is 2. The molecule has 4 N–H and O–H groups in total. The van der Waals surface area contributed by atoms with Crippen molar-refractivity contribution in [1.29, 1.82) is 0 Å². The van der Waals surface area contributed by atoms with Crippen LogP contribution >= 0.6 is 0 Å². The van der Waals surface area contributed by atoms with E-state index < -0.39 is 69.4 Å². The Bertz CT molecular complexity index is 1610. The number of carboxylic acid groups (broad SMARTS) is 1.